The highest BCUT2D eigenvalue weighted by Gasteiger charge is 2.28. The van der Waals surface area contributed by atoms with Gasteiger partial charge in [-0.15, -0.1) is 0 Å². The van der Waals surface area contributed by atoms with Crippen LogP contribution >= 0.6 is 0 Å². The Labute approximate surface area is 101 Å². The summed E-state index contributed by atoms with van der Waals surface area (Å²) in [5.74, 6) is 5.87. The van der Waals surface area contributed by atoms with Gasteiger partial charge in [0.15, 0.2) is 5.76 Å². The van der Waals surface area contributed by atoms with Crippen LogP contribution in [0.1, 0.15) is 41.6 Å². The third kappa shape index (κ3) is 2.68. The second-order valence-corrected chi connectivity index (χ2v) is 4.49. The number of nitrogens with zero attached hydrogens (tertiary/aromatic N) is 1. The van der Waals surface area contributed by atoms with Crippen molar-refractivity contribution in [3.05, 3.63) is 23.2 Å². The van der Waals surface area contributed by atoms with Crippen molar-refractivity contribution in [2.75, 3.05) is 6.54 Å². The van der Waals surface area contributed by atoms with Gasteiger partial charge in [0.2, 0.25) is 0 Å². The number of nitrogens with two attached hydrogens (primary N) is 1. The van der Waals surface area contributed by atoms with Crippen LogP contribution in [-0.2, 0) is 6.54 Å². The Hall–Kier alpha value is -1.33. The van der Waals surface area contributed by atoms with Gasteiger partial charge < -0.3 is 4.42 Å². The van der Waals surface area contributed by atoms with Gasteiger partial charge in [-0.1, -0.05) is 6.92 Å². The highest BCUT2D eigenvalue weighted by molar-refractivity contribution is 5.92. The van der Waals surface area contributed by atoms with Crippen LogP contribution in [0, 0.1) is 6.92 Å². The van der Waals surface area contributed by atoms with E-state index in [4.69, 9.17) is 10.3 Å². The maximum absolute atomic E-state index is 11.4. The molecule has 17 heavy (non-hydrogen) atoms. The van der Waals surface area contributed by atoms with E-state index in [0.29, 0.717) is 11.8 Å². The Bertz CT molecular complexity index is 410. The lowest BCUT2D eigenvalue weighted by Gasteiger charge is -2.17. The number of furan rings is 1. The second-order valence-electron chi connectivity index (χ2n) is 4.49. The van der Waals surface area contributed by atoms with Gasteiger partial charge in [-0.05, 0) is 32.4 Å². The molecule has 5 heteroatoms. The third-order valence-corrected chi connectivity index (χ3v) is 3.13. The molecule has 1 fully saturated rings. The van der Waals surface area contributed by atoms with E-state index in [0.717, 1.165) is 24.4 Å². The Morgan fingerprint density at radius 2 is 2.35 bits per heavy atom. The molecular weight excluding hydrogens is 218 g/mol. The summed E-state index contributed by atoms with van der Waals surface area (Å²) in [5.41, 5.74) is 2.92. The lowest BCUT2D eigenvalue weighted by molar-refractivity contribution is 0.0921. The smallest absolute Gasteiger partial charge is 0.301 e. The Morgan fingerprint density at radius 1 is 1.65 bits per heavy atom. The SMILES string of the molecule is CCN(Cc1cc(C)c(C(=O)NN)o1)C1CC1. The van der Waals surface area contributed by atoms with Crippen molar-refractivity contribution in [2.24, 2.45) is 5.84 Å². The van der Waals surface area contributed by atoms with Gasteiger partial charge >= 0.3 is 5.91 Å². The van der Waals surface area contributed by atoms with Gasteiger partial charge in [-0.2, -0.15) is 0 Å². The van der Waals surface area contributed by atoms with Crippen molar-refractivity contribution in [3.63, 3.8) is 0 Å². The molecule has 1 amide bonds. The maximum Gasteiger partial charge on any atom is 0.301 e. The normalized spacial score (nSPS) is 15.3. The number of rotatable bonds is 5. The van der Waals surface area contributed by atoms with E-state index in [1.807, 2.05) is 13.0 Å². The summed E-state index contributed by atoms with van der Waals surface area (Å²) in [6, 6.07) is 2.60. The summed E-state index contributed by atoms with van der Waals surface area (Å²) in [6.07, 6.45) is 2.54. The van der Waals surface area contributed by atoms with Crippen LogP contribution in [0.5, 0.6) is 0 Å². The van der Waals surface area contributed by atoms with Gasteiger partial charge in [0.25, 0.3) is 0 Å². The molecule has 0 unspecified atom stereocenters. The van der Waals surface area contributed by atoms with Gasteiger partial charge in [-0.25, -0.2) is 5.84 Å². The number of hydrogen-bond acceptors (Lipinski definition) is 4. The number of aryl methyl sites for hydroxylation is 1. The first kappa shape index (κ1) is 12.1. The molecule has 1 aromatic heterocycles. The summed E-state index contributed by atoms with van der Waals surface area (Å²) in [7, 11) is 0. The molecule has 2 rings (SSSR count). The van der Waals surface area contributed by atoms with Crippen molar-refractivity contribution in [1.29, 1.82) is 0 Å². The number of nitrogen functional groups attached to an aromatic ring is 1. The van der Waals surface area contributed by atoms with E-state index in [1.54, 1.807) is 0 Å². The summed E-state index contributed by atoms with van der Waals surface area (Å²) in [6.45, 7) is 5.76. The van der Waals surface area contributed by atoms with Gasteiger partial charge in [0.1, 0.15) is 5.76 Å². The van der Waals surface area contributed by atoms with E-state index in [1.165, 1.54) is 12.8 Å². The molecule has 1 aliphatic carbocycles. The van der Waals surface area contributed by atoms with E-state index < -0.39 is 0 Å². The van der Waals surface area contributed by atoms with E-state index in [9.17, 15) is 4.79 Å². The minimum atomic E-state index is -0.372. The Morgan fingerprint density at radius 3 is 2.88 bits per heavy atom. The minimum absolute atomic E-state index is 0.314. The Kier molecular flexibility index (Phi) is 3.49. The minimum Gasteiger partial charge on any atom is -0.454 e. The lowest BCUT2D eigenvalue weighted by atomic mass is 10.2. The standard InChI is InChI=1S/C12H19N3O2/c1-3-15(9-4-5-9)7-10-6-8(2)11(17-10)12(16)14-13/h6,9H,3-5,7,13H2,1-2H3,(H,14,16). The van der Waals surface area contributed by atoms with Crippen molar-refractivity contribution in [1.82, 2.24) is 10.3 Å². The monoisotopic (exact) mass is 237 g/mol. The summed E-state index contributed by atoms with van der Waals surface area (Å²) in [5, 5.41) is 0. The first-order valence-electron chi connectivity index (χ1n) is 6.00. The predicted octanol–water partition coefficient (Wildman–Crippen LogP) is 1.18. The van der Waals surface area contributed by atoms with Gasteiger partial charge in [0, 0.05) is 11.6 Å². The molecule has 1 saturated carbocycles. The fraction of sp³-hybridized carbons (Fsp3) is 0.583. The topological polar surface area (TPSA) is 71.5 Å². The van der Waals surface area contributed by atoms with Crippen molar-refractivity contribution < 1.29 is 9.21 Å². The molecule has 0 aliphatic heterocycles. The van der Waals surface area contributed by atoms with Crippen LogP contribution in [0.25, 0.3) is 0 Å². The number of carbonyl (C=O) groups excluding carboxylic acids is 1. The molecule has 3 N–H and O–H groups in total. The van der Waals surface area contributed by atoms with Crippen LogP contribution in [0.3, 0.4) is 0 Å². The number of amides is 1. The molecule has 1 aromatic rings. The quantitative estimate of drug-likeness (QED) is 0.458. The number of nitrogens with one attached hydrogen (secondary N) is 1. The van der Waals surface area contributed by atoms with Crippen LogP contribution in [-0.4, -0.2) is 23.4 Å². The zero-order valence-electron chi connectivity index (χ0n) is 10.3. The average Bonchev–Trinajstić information content (AvgIpc) is 3.10. The van der Waals surface area contributed by atoms with Crippen LogP contribution in [0.2, 0.25) is 0 Å². The molecule has 1 heterocycles. The molecule has 5 nitrogen and oxygen atoms in total. The highest BCUT2D eigenvalue weighted by atomic mass is 16.4. The maximum atomic E-state index is 11.4. The molecule has 0 atom stereocenters. The molecule has 0 bridgehead atoms. The summed E-state index contributed by atoms with van der Waals surface area (Å²) in [4.78, 5) is 13.8. The first-order chi connectivity index (χ1) is 8.15. The van der Waals surface area contributed by atoms with Crippen LogP contribution < -0.4 is 11.3 Å². The average molecular weight is 237 g/mol. The third-order valence-electron chi connectivity index (χ3n) is 3.13. The van der Waals surface area contributed by atoms with Crippen molar-refractivity contribution >= 4 is 5.91 Å². The molecule has 0 saturated heterocycles. The first-order valence-corrected chi connectivity index (χ1v) is 6.00. The Balaban J connectivity index is 2.08. The molecule has 0 spiro atoms. The summed E-state index contributed by atoms with van der Waals surface area (Å²) < 4.78 is 5.54. The zero-order valence-corrected chi connectivity index (χ0v) is 10.3. The fourth-order valence-electron chi connectivity index (χ4n) is 2.06. The van der Waals surface area contributed by atoms with Gasteiger partial charge in [0.05, 0.1) is 6.54 Å². The van der Waals surface area contributed by atoms with E-state index in [2.05, 4.69) is 17.2 Å². The van der Waals surface area contributed by atoms with Crippen LogP contribution in [0.15, 0.2) is 10.5 Å². The predicted molar refractivity (Wildman–Crippen MR) is 64.2 cm³/mol. The van der Waals surface area contributed by atoms with E-state index in [-0.39, 0.29) is 5.91 Å². The summed E-state index contributed by atoms with van der Waals surface area (Å²) >= 11 is 0. The molecule has 1 aliphatic rings. The van der Waals surface area contributed by atoms with Crippen molar-refractivity contribution in [3.8, 4) is 0 Å². The number of hydrazine groups is 1. The number of carbonyl (C=O) groups is 1. The van der Waals surface area contributed by atoms with Gasteiger partial charge in [-0.3, -0.25) is 15.1 Å². The second kappa shape index (κ2) is 4.89. The highest BCUT2D eigenvalue weighted by Crippen LogP contribution is 2.28. The molecule has 0 aromatic carbocycles. The largest absolute Gasteiger partial charge is 0.454 e. The zero-order chi connectivity index (χ0) is 12.4. The van der Waals surface area contributed by atoms with Crippen LogP contribution in [0.4, 0.5) is 0 Å². The molecule has 0 radical (unpaired) electrons. The van der Waals surface area contributed by atoms with Crippen molar-refractivity contribution in [2.45, 2.75) is 39.3 Å². The lowest BCUT2D eigenvalue weighted by Crippen LogP contribution is -2.30. The van der Waals surface area contributed by atoms with E-state index >= 15 is 0 Å². The molecule has 94 valence electrons. The molecular formula is C12H19N3O2. The number of hydrogen-bond donors (Lipinski definition) is 2. The fourth-order valence-corrected chi connectivity index (χ4v) is 2.06.